The molecule has 2 fully saturated rings. The Kier molecular flexibility index (Phi) is 6.81. The van der Waals surface area contributed by atoms with Crippen LogP contribution in [-0.4, -0.2) is 65.3 Å². The quantitative estimate of drug-likeness (QED) is 0.324. The van der Waals surface area contributed by atoms with Crippen LogP contribution in [0.3, 0.4) is 0 Å². The fourth-order valence-electron chi connectivity index (χ4n) is 7.47. The number of aromatic nitrogens is 6. The molecule has 4 aromatic rings. The molecule has 1 spiro atoms. The van der Waals surface area contributed by atoms with E-state index in [2.05, 4.69) is 34.3 Å². The van der Waals surface area contributed by atoms with Gasteiger partial charge in [-0.3, -0.25) is 4.79 Å². The minimum Gasteiger partial charge on any atom is -0.389 e. The number of likely N-dealkylation sites (tertiary alicyclic amines) is 1. The first-order chi connectivity index (χ1) is 20.4. The highest BCUT2D eigenvalue weighted by Crippen LogP contribution is 2.47. The number of Topliss-reactive ketones (excluding diaryl/α,β-unsaturated/α-hetero) is 1. The normalized spacial score (nSPS) is 24.3. The molecule has 11 heteroatoms. The molecule has 11 nitrogen and oxygen atoms in total. The predicted octanol–water partition coefficient (Wildman–Crippen LogP) is 5.05. The predicted molar refractivity (Wildman–Crippen MR) is 157 cm³/mol. The van der Waals surface area contributed by atoms with E-state index in [0.29, 0.717) is 52.6 Å². The number of fused-ring (bicyclic) bond motifs is 3. The average Bonchev–Trinajstić information content (AvgIpc) is 3.73. The maximum Gasteiger partial charge on any atom is 0.186 e. The summed E-state index contributed by atoms with van der Waals surface area (Å²) in [6.07, 6.45) is 10.8. The number of aliphatic hydroxyl groups is 1. The van der Waals surface area contributed by atoms with Crippen LogP contribution < -0.4 is 5.32 Å². The number of pyridine rings is 1. The maximum atomic E-state index is 13.3. The lowest BCUT2D eigenvalue weighted by Crippen LogP contribution is -2.41. The smallest absolute Gasteiger partial charge is 0.186 e. The first kappa shape index (κ1) is 27.2. The molecule has 0 amide bonds. The Morgan fingerprint density at radius 2 is 1.98 bits per heavy atom. The molecule has 5 heterocycles. The number of aliphatic hydroxyl groups excluding tert-OH is 1. The Morgan fingerprint density at radius 3 is 2.76 bits per heavy atom. The zero-order valence-corrected chi connectivity index (χ0v) is 24.5. The molecule has 1 saturated heterocycles. The van der Waals surface area contributed by atoms with Crippen LogP contribution in [0.5, 0.6) is 0 Å². The van der Waals surface area contributed by atoms with Crippen LogP contribution >= 0.6 is 0 Å². The van der Waals surface area contributed by atoms with E-state index in [1.54, 1.807) is 25.4 Å². The standard InChI is InChI=1S/C31H38N8O3/c1-18(23-11-8-16-38(23)3)39-30-22(17-33-39)28(34-27-20(19(2)40)10-7-15-32-27)35-29(36-30)25-21-9-6-14-31(26(21)42-37-25)13-5-4-12-24(31)41/h7,10,15,17-19,23,40H,4-6,8-9,11-14,16H2,1-3H3,(H,32,34,35,36)/t18-,19?,23-,31+/m0/s1. The Hall–Kier alpha value is -3.70. The zero-order valence-electron chi connectivity index (χ0n) is 24.5. The number of anilines is 2. The van der Waals surface area contributed by atoms with Gasteiger partial charge in [-0.05, 0) is 78.5 Å². The second kappa shape index (κ2) is 10.5. The van der Waals surface area contributed by atoms with Gasteiger partial charge in [0.25, 0.3) is 0 Å². The average molecular weight is 571 g/mol. The van der Waals surface area contributed by atoms with Gasteiger partial charge in [0.05, 0.1) is 29.1 Å². The van der Waals surface area contributed by atoms with Crippen molar-refractivity contribution in [2.75, 3.05) is 18.9 Å². The Balaban J connectivity index is 1.38. The van der Waals surface area contributed by atoms with Crippen molar-refractivity contribution < 1.29 is 14.4 Å². The molecule has 4 aromatic heterocycles. The summed E-state index contributed by atoms with van der Waals surface area (Å²) in [7, 11) is 2.16. The van der Waals surface area contributed by atoms with Crippen molar-refractivity contribution in [2.24, 2.45) is 0 Å². The van der Waals surface area contributed by atoms with Gasteiger partial charge in [0.15, 0.2) is 22.9 Å². The van der Waals surface area contributed by atoms with Crippen LogP contribution in [0.1, 0.15) is 94.2 Å². The van der Waals surface area contributed by atoms with E-state index in [1.807, 2.05) is 10.7 Å². The number of likely N-dealkylation sites (N-methyl/N-ethyl adjacent to an activating group) is 1. The van der Waals surface area contributed by atoms with Crippen molar-refractivity contribution in [1.29, 1.82) is 0 Å². The molecular formula is C31H38N8O3. The van der Waals surface area contributed by atoms with Crippen molar-refractivity contribution in [3.8, 4) is 11.5 Å². The van der Waals surface area contributed by atoms with E-state index in [9.17, 15) is 9.90 Å². The van der Waals surface area contributed by atoms with E-state index in [-0.39, 0.29) is 11.8 Å². The summed E-state index contributed by atoms with van der Waals surface area (Å²) in [4.78, 5) is 30.2. The Bertz CT molecular complexity index is 1640. The van der Waals surface area contributed by atoms with Crippen LogP contribution in [0.2, 0.25) is 0 Å². The van der Waals surface area contributed by atoms with Crippen LogP contribution in [-0.2, 0) is 16.6 Å². The molecule has 0 radical (unpaired) electrons. The van der Waals surface area contributed by atoms with Crippen molar-refractivity contribution in [1.82, 2.24) is 34.8 Å². The molecule has 0 aromatic carbocycles. The van der Waals surface area contributed by atoms with Gasteiger partial charge in [-0.2, -0.15) is 5.10 Å². The molecule has 220 valence electrons. The molecular weight excluding hydrogens is 532 g/mol. The largest absolute Gasteiger partial charge is 0.389 e. The first-order valence-corrected chi connectivity index (χ1v) is 15.3. The summed E-state index contributed by atoms with van der Waals surface area (Å²) in [6, 6.07) is 4.08. The molecule has 2 aliphatic carbocycles. The number of carbonyl (C=O) groups is 1. The third-order valence-electron chi connectivity index (χ3n) is 9.76. The lowest BCUT2D eigenvalue weighted by molar-refractivity contribution is -0.128. The SMILES string of the molecule is CC(O)c1cccnc1Nc1nc(-c2noc3c2CCC[C@@]32CCCCC2=O)nc2c1cnn2[C@@H](C)[C@@H]1CCCN1C. The number of nitrogens with zero attached hydrogens (tertiary/aromatic N) is 7. The van der Waals surface area contributed by atoms with E-state index in [1.165, 1.54) is 0 Å². The topological polar surface area (TPSA) is 135 Å². The number of nitrogens with one attached hydrogen (secondary N) is 1. The van der Waals surface area contributed by atoms with Crippen LogP contribution in [0.4, 0.5) is 11.6 Å². The van der Waals surface area contributed by atoms with Crippen LogP contribution in [0.15, 0.2) is 29.0 Å². The third-order valence-corrected chi connectivity index (χ3v) is 9.76. The fourth-order valence-corrected chi connectivity index (χ4v) is 7.47. The zero-order chi connectivity index (χ0) is 29.0. The van der Waals surface area contributed by atoms with E-state index < -0.39 is 11.5 Å². The summed E-state index contributed by atoms with van der Waals surface area (Å²) in [5.41, 5.74) is 2.31. The highest BCUT2D eigenvalue weighted by molar-refractivity contribution is 5.92. The van der Waals surface area contributed by atoms with Crippen molar-refractivity contribution >= 4 is 28.5 Å². The minimum atomic E-state index is -0.717. The summed E-state index contributed by atoms with van der Waals surface area (Å²) < 4.78 is 8.03. The third kappa shape index (κ3) is 4.32. The molecule has 4 atom stereocenters. The second-order valence-corrected chi connectivity index (χ2v) is 12.3. The van der Waals surface area contributed by atoms with Crippen LogP contribution in [0.25, 0.3) is 22.6 Å². The fraction of sp³-hybridized carbons (Fsp3) is 0.548. The van der Waals surface area contributed by atoms with Gasteiger partial charge in [-0.15, -0.1) is 0 Å². The summed E-state index contributed by atoms with van der Waals surface area (Å²) >= 11 is 0. The summed E-state index contributed by atoms with van der Waals surface area (Å²) in [5.74, 6) is 2.46. The number of hydrogen-bond donors (Lipinski definition) is 2. The number of carbonyl (C=O) groups excluding carboxylic acids is 1. The monoisotopic (exact) mass is 570 g/mol. The highest BCUT2D eigenvalue weighted by atomic mass is 16.5. The van der Waals surface area contributed by atoms with Gasteiger partial charge in [-0.1, -0.05) is 17.6 Å². The molecule has 2 N–H and O–H groups in total. The van der Waals surface area contributed by atoms with Gasteiger partial charge in [-0.25, -0.2) is 19.6 Å². The first-order valence-electron chi connectivity index (χ1n) is 15.3. The van der Waals surface area contributed by atoms with Gasteiger partial charge in [0.2, 0.25) is 0 Å². The van der Waals surface area contributed by atoms with E-state index >= 15 is 0 Å². The van der Waals surface area contributed by atoms with Crippen molar-refractivity contribution in [3.05, 3.63) is 41.4 Å². The molecule has 1 aliphatic heterocycles. The molecule has 42 heavy (non-hydrogen) atoms. The summed E-state index contributed by atoms with van der Waals surface area (Å²) in [5, 5.41) is 23.9. The van der Waals surface area contributed by atoms with Crippen molar-refractivity contribution in [2.45, 2.75) is 95.2 Å². The molecule has 1 saturated carbocycles. The number of hydrogen-bond acceptors (Lipinski definition) is 10. The van der Waals surface area contributed by atoms with E-state index in [4.69, 9.17) is 19.6 Å². The van der Waals surface area contributed by atoms with Gasteiger partial charge >= 0.3 is 0 Å². The molecule has 0 bridgehead atoms. The molecule has 1 unspecified atom stereocenters. The van der Waals surface area contributed by atoms with Gasteiger partial charge in [0.1, 0.15) is 17.4 Å². The minimum absolute atomic E-state index is 0.0860. The Labute approximate surface area is 244 Å². The van der Waals surface area contributed by atoms with Crippen molar-refractivity contribution in [3.63, 3.8) is 0 Å². The number of rotatable bonds is 6. The maximum absolute atomic E-state index is 13.3. The highest BCUT2D eigenvalue weighted by Gasteiger charge is 2.48. The number of ketones is 1. The summed E-state index contributed by atoms with van der Waals surface area (Å²) in [6.45, 7) is 4.97. The van der Waals surface area contributed by atoms with Gasteiger partial charge in [0, 0.05) is 29.8 Å². The second-order valence-electron chi connectivity index (χ2n) is 12.3. The van der Waals surface area contributed by atoms with Crippen LogP contribution in [0, 0.1) is 0 Å². The molecule has 3 aliphatic rings. The lowest BCUT2D eigenvalue weighted by atomic mass is 9.64. The lowest BCUT2D eigenvalue weighted by Gasteiger charge is -2.36. The molecule has 7 rings (SSSR count). The Morgan fingerprint density at radius 1 is 1.12 bits per heavy atom. The van der Waals surface area contributed by atoms with Gasteiger partial charge < -0.3 is 19.8 Å². The van der Waals surface area contributed by atoms with E-state index in [0.717, 1.165) is 68.9 Å².